The number of carbonyl (C=O) groups is 2. The number of amides is 2. The molecule has 7 heteroatoms. The number of hydrogen-bond acceptors (Lipinski definition) is 5. The van der Waals surface area contributed by atoms with E-state index in [1.807, 2.05) is 0 Å². The van der Waals surface area contributed by atoms with Crippen LogP contribution in [0.1, 0.15) is 12.8 Å². The summed E-state index contributed by atoms with van der Waals surface area (Å²) in [5.41, 5.74) is 0.286. The first-order chi connectivity index (χ1) is 8.10. The Labute approximate surface area is 99.3 Å². The van der Waals surface area contributed by atoms with Crippen LogP contribution >= 0.6 is 0 Å². The summed E-state index contributed by atoms with van der Waals surface area (Å²) in [6.45, 7) is -0.0479. The molecule has 0 saturated heterocycles. The fourth-order valence-electron chi connectivity index (χ4n) is 1.56. The number of rotatable bonds is 5. The van der Waals surface area contributed by atoms with Crippen molar-refractivity contribution in [2.24, 2.45) is 5.10 Å². The Balaban J connectivity index is 2.73. The summed E-state index contributed by atoms with van der Waals surface area (Å²) in [5, 5.41) is 22.7. The predicted octanol–water partition coefficient (Wildman–Crippen LogP) is -1.59. The highest BCUT2D eigenvalue weighted by atomic mass is 16.3. The van der Waals surface area contributed by atoms with Gasteiger partial charge in [-0.1, -0.05) is 0 Å². The quantitative estimate of drug-likeness (QED) is 0.608. The van der Waals surface area contributed by atoms with Crippen molar-refractivity contribution in [1.82, 2.24) is 9.91 Å². The lowest BCUT2D eigenvalue weighted by molar-refractivity contribution is -0.130. The molecule has 1 aliphatic rings. The minimum absolute atomic E-state index is 0.127. The van der Waals surface area contributed by atoms with Gasteiger partial charge in [0.1, 0.15) is 5.71 Å². The van der Waals surface area contributed by atoms with E-state index in [9.17, 15) is 9.59 Å². The number of aliphatic hydroxyl groups is 2. The molecule has 0 spiro atoms. The first kappa shape index (κ1) is 13.6. The average molecular weight is 243 g/mol. The van der Waals surface area contributed by atoms with Gasteiger partial charge in [-0.05, 0) is 0 Å². The van der Waals surface area contributed by atoms with Gasteiger partial charge in [0.25, 0.3) is 5.91 Å². The molecule has 0 aliphatic carbocycles. The maximum absolute atomic E-state index is 12.0. The smallest absolute Gasteiger partial charge is 0.270 e. The summed E-state index contributed by atoms with van der Waals surface area (Å²) in [6, 6.07) is 0. The van der Waals surface area contributed by atoms with Crippen molar-refractivity contribution in [2.75, 3.05) is 33.4 Å². The lowest BCUT2D eigenvalue weighted by Crippen LogP contribution is -2.43. The van der Waals surface area contributed by atoms with Crippen LogP contribution in [0.5, 0.6) is 0 Å². The fourth-order valence-corrected chi connectivity index (χ4v) is 1.56. The van der Waals surface area contributed by atoms with Gasteiger partial charge in [-0.3, -0.25) is 9.59 Å². The highest BCUT2D eigenvalue weighted by molar-refractivity contribution is 6.39. The standard InChI is InChI=1S/C10H17N3O4/c1-12-9(16)3-2-8(11-12)10(17)13(4-6-14)5-7-15/h14-15H,2-7H2,1H3. The van der Waals surface area contributed by atoms with E-state index in [1.54, 1.807) is 0 Å². The summed E-state index contributed by atoms with van der Waals surface area (Å²) in [6.07, 6.45) is 0.558. The van der Waals surface area contributed by atoms with Gasteiger partial charge >= 0.3 is 0 Å². The fraction of sp³-hybridized carbons (Fsp3) is 0.700. The highest BCUT2D eigenvalue weighted by Crippen LogP contribution is 2.09. The molecule has 1 rings (SSSR count). The number of hydrogen-bond donors (Lipinski definition) is 2. The van der Waals surface area contributed by atoms with E-state index in [1.165, 1.54) is 11.9 Å². The zero-order chi connectivity index (χ0) is 12.8. The van der Waals surface area contributed by atoms with Gasteiger partial charge < -0.3 is 15.1 Å². The van der Waals surface area contributed by atoms with Crippen molar-refractivity contribution in [3.63, 3.8) is 0 Å². The topological polar surface area (TPSA) is 93.4 Å². The third-order valence-electron chi connectivity index (χ3n) is 2.48. The largest absolute Gasteiger partial charge is 0.395 e. The first-order valence-corrected chi connectivity index (χ1v) is 5.45. The molecule has 0 saturated carbocycles. The molecular weight excluding hydrogens is 226 g/mol. The van der Waals surface area contributed by atoms with Crippen molar-refractivity contribution < 1.29 is 19.8 Å². The normalized spacial score (nSPS) is 15.8. The zero-order valence-corrected chi connectivity index (χ0v) is 9.80. The minimum Gasteiger partial charge on any atom is -0.395 e. The first-order valence-electron chi connectivity index (χ1n) is 5.45. The van der Waals surface area contributed by atoms with E-state index in [-0.39, 0.29) is 50.3 Å². The molecule has 17 heavy (non-hydrogen) atoms. The van der Waals surface area contributed by atoms with Gasteiger partial charge in [0, 0.05) is 33.0 Å². The van der Waals surface area contributed by atoms with Crippen LogP contribution in [0.2, 0.25) is 0 Å². The Kier molecular flexibility index (Phi) is 5.05. The minimum atomic E-state index is -0.340. The molecule has 0 aromatic carbocycles. The van der Waals surface area contributed by atoms with Gasteiger partial charge in [0.05, 0.1) is 13.2 Å². The van der Waals surface area contributed by atoms with Crippen LogP contribution in [0.15, 0.2) is 5.10 Å². The Hall–Kier alpha value is -1.47. The number of carbonyl (C=O) groups excluding carboxylic acids is 2. The maximum Gasteiger partial charge on any atom is 0.270 e. The molecule has 96 valence electrons. The second-order valence-electron chi connectivity index (χ2n) is 3.70. The molecule has 2 N–H and O–H groups in total. The Morgan fingerprint density at radius 1 is 1.35 bits per heavy atom. The van der Waals surface area contributed by atoms with Gasteiger partial charge in [-0.15, -0.1) is 0 Å². The lowest BCUT2D eigenvalue weighted by Gasteiger charge is -2.24. The zero-order valence-electron chi connectivity index (χ0n) is 9.80. The second-order valence-corrected chi connectivity index (χ2v) is 3.70. The van der Waals surface area contributed by atoms with Gasteiger partial charge in [-0.2, -0.15) is 5.10 Å². The van der Waals surface area contributed by atoms with E-state index < -0.39 is 0 Å². The third-order valence-corrected chi connectivity index (χ3v) is 2.48. The molecule has 1 heterocycles. The van der Waals surface area contributed by atoms with Gasteiger partial charge in [0.2, 0.25) is 5.91 Å². The molecule has 0 radical (unpaired) electrons. The lowest BCUT2D eigenvalue weighted by atomic mass is 10.1. The molecule has 0 fully saturated rings. The van der Waals surface area contributed by atoms with Crippen molar-refractivity contribution in [2.45, 2.75) is 12.8 Å². The molecule has 0 aromatic heterocycles. The molecule has 1 aliphatic heterocycles. The molecule has 0 aromatic rings. The Morgan fingerprint density at radius 3 is 2.41 bits per heavy atom. The summed E-state index contributed by atoms with van der Waals surface area (Å²) in [5.74, 6) is -0.468. The Morgan fingerprint density at radius 2 is 1.94 bits per heavy atom. The molecular formula is C10H17N3O4. The van der Waals surface area contributed by atoms with E-state index in [0.29, 0.717) is 6.42 Å². The highest BCUT2D eigenvalue weighted by Gasteiger charge is 2.25. The molecule has 0 bridgehead atoms. The van der Waals surface area contributed by atoms with Gasteiger partial charge in [-0.25, -0.2) is 5.01 Å². The van der Waals surface area contributed by atoms with E-state index >= 15 is 0 Å². The van der Waals surface area contributed by atoms with Crippen LogP contribution in [0.4, 0.5) is 0 Å². The van der Waals surface area contributed by atoms with Crippen molar-refractivity contribution >= 4 is 17.5 Å². The Bertz CT molecular complexity index is 324. The molecule has 0 unspecified atom stereocenters. The van der Waals surface area contributed by atoms with Crippen LogP contribution in [0.3, 0.4) is 0 Å². The van der Waals surface area contributed by atoms with Crippen molar-refractivity contribution in [3.05, 3.63) is 0 Å². The number of aliphatic hydroxyl groups excluding tert-OH is 2. The molecule has 2 amide bonds. The van der Waals surface area contributed by atoms with Crippen LogP contribution in [-0.2, 0) is 9.59 Å². The monoisotopic (exact) mass is 243 g/mol. The van der Waals surface area contributed by atoms with Crippen molar-refractivity contribution in [3.8, 4) is 0 Å². The summed E-state index contributed by atoms with van der Waals surface area (Å²) < 4.78 is 0. The number of hydrazone groups is 1. The van der Waals surface area contributed by atoms with Crippen LogP contribution in [0, 0.1) is 0 Å². The van der Waals surface area contributed by atoms with Gasteiger partial charge in [0.15, 0.2) is 0 Å². The van der Waals surface area contributed by atoms with E-state index in [2.05, 4.69) is 5.10 Å². The maximum atomic E-state index is 12.0. The second kappa shape index (κ2) is 6.31. The molecule has 0 atom stereocenters. The van der Waals surface area contributed by atoms with E-state index in [4.69, 9.17) is 10.2 Å². The van der Waals surface area contributed by atoms with Crippen LogP contribution < -0.4 is 0 Å². The predicted molar refractivity (Wildman–Crippen MR) is 60.2 cm³/mol. The average Bonchev–Trinajstić information content (AvgIpc) is 2.31. The summed E-state index contributed by atoms with van der Waals surface area (Å²) >= 11 is 0. The SMILES string of the molecule is CN1N=C(C(=O)N(CCO)CCO)CCC1=O. The number of nitrogens with zero attached hydrogens (tertiary/aromatic N) is 3. The molecule has 7 nitrogen and oxygen atoms in total. The third kappa shape index (κ3) is 3.50. The van der Waals surface area contributed by atoms with Crippen LogP contribution in [-0.4, -0.2) is 71.0 Å². The van der Waals surface area contributed by atoms with E-state index in [0.717, 1.165) is 5.01 Å². The summed E-state index contributed by atoms with van der Waals surface area (Å²) in [7, 11) is 1.50. The van der Waals surface area contributed by atoms with Crippen molar-refractivity contribution in [1.29, 1.82) is 0 Å². The van der Waals surface area contributed by atoms with Crippen LogP contribution in [0.25, 0.3) is 0 Å². The summed E-state index contributed by atoms with van der Waals surface area (Å²) in [4.78, 5) is 24.5.